The summed E-state index contributed by atoms with van der Waals surface area (Å²) in [6.45, 7) is 2.16. The number of unbranched alkanes of at least 4 members (excludes halogenated alkanes) is 1. The van der Waals surface area contributed by atoms with Crippen molar-refractivity contribution in [3.63, 3.8) is 0 Å². The van der Waals surface area contributed by atoms with E-state index in [9.17, 15) is 13.0 Å². The average Bonchev–Trinajstić information content (AvgIpc) is 2.70. The van der Waals surface area contributed by atoms with Gasteiger partial charge >= 0.3 is 29.6 Å². The first-order valence-electron chi connectivity index (χ1n) is 9.04. The molecule has 0 N–H and O–H groups in total. The van der Waals surface area contributed by atoms with E-state index in [4.69, 9.17) is 0 Å². The van der Waals surface area contributed by atoms with Crippen LogP contribution in [0.4, 0.5) is 0 Å². The fraction of sp³-hybridized carbons (Fsp3) is 0.182. The Bertz CT molecular complexity index is 953. The Morgan fingerprint density at radius 1 is 0.786 bits per heavy atom. The van der Waals surface area contributed by atoms with Gasteiger partial charge in [-0.3, -0.25) is 0 Å². The summed E-state index contributed by atoms with van der Waals surface area (Å²) in [6, 6.07) is 27.2. The second-order valence-corrected chi connectivity index (χ2v) is 11.5. The largest absolute Gasteiger partial charge is 1.00 e. The van der Waals surface area contributed by atoms with Gasteiger partial charge in [0.15, 0.2) is 0 Å². The number of rotatable bonds is 7. The van der Waals surface area contributed by atoms with Crippen LogP contribution in [0.2, 0.25) is 0 Å². The third-order valence-corrected chi connectivity index (χ3v) is 10.1. The minimum atomic E-state index is -4.50. The summed E-state index contributed by atoms with van der Waals surface area (Å²) in [4.78, 5) is -0.160. The van der Waals surface area contributed by atoms with Gasteiger partial charge in [-0.25, -0.2) is 8.42 Å². The molecule has 3 rings (SSSR count). The van der Waals surface area contributed by atoms with E-state index >= 15 is 0 Å². The fourth-order valence-corrected chi connectivity index (χ4v) is 8.60. The van der Waals surface area contributed by atoms with Crippen molar-refractivity contribution in [2.75, 3.05) is 6.16 Å². The second-order valence-electron chi connectivity index (χ2n) is 6.51. The Morgan fingerprint density at radius 3 is 1.75 bits per heavy atom. The molecule has 3 aromatic carbocycles. The predicted molar refractivity (Wildman–Crippen MR) is 113 cm³/mol. The molecule has 0 amide bonds. The van der Waals surface area contributed by atoms with Gasteiger partial charge in [0.2, 0.25) is 0 Å². The molecular formula is C22H23NaO3PS+. The van der Waals surface area contributed by atoms with Gasteiger partial charge in [-0.15, -0.1) is 0 Å². The maximum absolute atomic E-state index is 11.7. The van der Waals surface area contributed by atoms with Crippen LogP contribution in [0.25, 0.3) is 0 Å². The molecule has 28 heavy (non-hydrogen) atoms. The zero-order valence-corrected chi connectivity index (χ0v) is 20.0. The van der Waals surface area contributed by atoms with E-state index < -0.39 is 17.4 Å². The topological polar surface area (TPSA) is 57.2 Å². The summed E-state index contributed by atoms with van der Waals surface area (Å²) in [5, 5.41) is 3.33. The van der Waals surface area contributed by atoms with Gasteiger partial charge in [-0.05, 0) is 48.9 Å². The van der Waals surface area contributed by atoms with E-state index in [2.05, 4.69) is 31.2 Å². The summed E-state index contributed by atoms with van der Waals surface area (Å²) in [7, 11) is -6.57. The third kappa shape index (κ3) is 4.94. The van der Waals surface area contributed by atoms with Crippen LogP contribution in [0, 0.1) is 0 Å². The monoisotopic (exact) mass is 421 g/mol. The van der Waals surface area contributed by atoms with E-state index in [1.165, 1.54) is 16.7 Å². The average molecular weight is 421 g/mol. The molecule has 0 aromatic heterocycles. The van der Waals surface area contributed by atoms with E-state index in [1.54, 1.807) is 12.1 Å². The molecule has 0 aliphatic heterocycles. The van der Waals surface area contributed by atoms with E-state index in [-0.39, 0.29) is 34.5 Å². The van der Waals surface area contributed by atoms with Crippen molar-refractivity contribution in [3.8, 4) is 0 Å². The van der Waals surface area contributed by atoms with Crippen molar-refractivity contribution in [2.45, 2.75) is 24.7 Å². The van der Waals surface area contributed by atoms with Crippen LogP contribution < -0.4 is 45.5 Å². The number of benzene rings is 3. The molecule has 6 heteroatoms. The molecule has 0 radical (unpaired) electrons. The van der Waals surface area contributed by atoms with Gasteiger partial charge in [-0.1, -0.05) is 55.8 Å². The third-order valence-electron chi connectivity index (χ3n) is 4.79. The summed E-state index contributed by atoms with van der Waals surface area (Å²) in [5.74, 6) is 0. The molecule has 3 nitrogen and oxygen atoms in total. The molecule has 0 saturated heterocycles. The Labute approximate surface area is 190 Å². The standard InChI is InChI=1S/C22H23O3PS.Na/c1-2-3-17-26(19-11-6-4-7-12-19,20-13-8-5-9-14-20)21-15-10-16-22(18-21)27(23,24)25;/h4-16,18H,2-3,17H2,1H3;/q;+1. The van der Waals surface area contributed by atoms with Gasteiger partial charge in [0.1, 0.15) is 33.3 Å². The fourth-order valence-electron chi connectivity index (χ4n) is 3.47. The molecule has 140 valence electrons. The first kappa shape index (κ1) is 23.3. The number of hydrogen-bond acceptors (Lipinski definition) is 3. The van der Waals surface area contributed by atoms with Gasteiger partial charge in [-0.2, -0.15) is 0 Å². The van der Waals surface area contributed by atoms with Crippen molar-refractivity contribution >= 4 is 33.3 Å². The zero-order valence-electron chi connectivity index (χ0n) is 16.3. The zero-order chi connectivity index (χ0) is 19.3. The predicted octanol–water partition coefficient (Wildman–Crippen LogP) is 0.689. The van der Waals surface area contributed by atoms with Crippen molar-refractivity contribution in [2.24, 2.45) is 0 Å². The summed E-state index contributed by atoms with van der Waals surface area (Å²) in [5.41, 5.74) is 0. The summed E-state index contributed by atoms with van der Waals surface area (Å²) >= 11 is 0. The maximum atomic E-state index is 11.7. The molecular weight excluding hydrogens is 398 g/mol. The SMILES string of the molecule is CCCC[P+](c1ccccc1)(c1ccccc1)c1cccc(S(=O)(=O)[O-])c1.[Na+]. The smallest absolute Gasteiger partial charge is 0.744 e. The van der Waals surface area contributed by atoms with Crippen LogP contribution in [-0.4, -0.2) is 19.1 Å². The van der Waals surface area contributed by atoms with E-state index in [1.807, 2.05) is 42.5 Å². The maximum Gasteiger partial charge on any atom is 1.00 e. The molecule has 0 unspecified atom stereocenters. The van der Waals surface area contributed by atoms with Gasteiger partial charge < -0.3 is 4.55 Å². The van der Waals surface area contributed by atoms with Gasteiger partial charge in [0.25, 0.3) is 0 Å². The quantitative estimate of drug-likeness (QED) is 0.321. The molecule has 0 fully saturated rings. The van der Waals surface area contributed by atoms with E-state index in [0.29, 0.717) is 0 Å². The molecule has 0 aliphatic carbocycles. The minimum absolute atomic E-state index is 0. The Morgan fingerprint density at radius 2 is 1.29 bits per heavy atom. The number of hydrogen-bond donors (Lipinski definition) is 0. The normalized spacial score (nSPS) is 11.6. The molecule has 3 aromatic rings. The van der Waals surface area contributed by atoms with Crippen molar-refractivity contribution < 1.29 is 42.5 Å². The van der Waals surface area contributed by atoms with Crippen LogP contribution in [-0.2, 0) is 10.1 Å². The molecule has 0 bridgehead atoms. The Kier molecular flexibility index (Phi) is 8.44. The van der Waals surface area contributed by atoms with Crippen LogP contribution in [0.15, 0.2) is 89.8 Å². The Balaban J connectivity index is 0.00000280. The molecule has 0 saturated carbocycles. The Hall–Kier alpha value is -1.000. The van der Waals surface area contributed by atoms with Crippen LogP contribution in [0.3, 0.4) is 0 Å². The minimum Gasteiger partial charge on any atom is -0.744 e. The van der Waals surface area contributed by atoms with Crippen molar-refractivity contribution in [3.05, 3.63) is 84.9 Å². The van der Waals surface area contributed by atoms with Crippen LogP contribution >= 0.6 is 7.26 Å². The molecule has 0 spiro atoms. The summed E-state index contributed by atoms with van der Waals surface area (Å²) < 4.78 is 35.0. The second kappa shape index (κ2) is 10.2. The van der Waals surface area contributed by atoms with Crippen LogP contribution in [0.5, 0.6) is 0 Å². The first-order chi connectivity index (χ1) is 13.0. The van der Waals surface area contributed by atoms with Crippen molar-refractivity contribution in [1.29, 1.82) is 0 Å². The summed E-state index contributed by atoms with van der Waals surface area (Å²) in [6.07, 6.45) is 2.99. The van der Waals surface area contributed by atoms with Gasteiger partial charge in [0, 0.05) is 0 Å². The molecule has 0 aliphatic rings. The van der Waals surface area contributed by atoms with E-state index in [0.717, 1.165) is 24.3 Å². The van der Waals surface area contributed by atoms with Gasteiger partial charge in [0.05, 0.1) is 11.1 Å². The first-order valence-corrected chi connectivity index (χ1v) is 12.4. The molecule has 0 heterocycles. The van der Waals surface area contributed by atoms with Crippen molar-refractivity contribution in [1.82, 2.24) is 0 Å². The molecule has 0 atom stereocenters. The van der Waals surface area contributed by atoms with Crippen LogP contribution in [0.1, 0.15) is 19.8 Å².